The van der Waals surface area contributed by atoms with Crippen molar-refractivity contribution in [1.82, 2.24) is 20.2 Å². The summed E-state index contributed by atoms with van der Waals surface area (Å²) in [6.07, 6.45) is 1.69. The molecule has 3 rings (SSSR count). The first-order valence-electron chi connectivity index (χ1n) is 7.25. The molecule has 21 heavy (non-hydrogen) atoms. The maximum Gasteiger partial charge on any atom is 0.222 e. The van der Waals surface area contributed by atoms with Gasteiger partial charge in [-0.1, -0.05) is 18.2 Å². The Hall–Kier alpha value is -1.49. The largest absolute Gasteiger partial charge is 0.314 e. The molecule has 0 spiro atoms. The monoisotopic (exact) mass is 302 g/mol. The summed E-state index contributed by atoms with van der Waals surface area (Å²) in [5.74, 6) is 0. The predicted octanol–water partition coefficient (Wildman–Crippen LogP) is 2.59. The minimum atomic E-state index is 0.286. The molecular formula is C16H19ClN4. The number of nitrogens with one attached hydrogen (secondary N) is 1. The summed E-state index contributed by atoms with van der Waals surface area (Å²) < 4.78 is 0. The standard InChI is InChI=1S/C16H19ClN4/c1-12-10-18-7-8-21(12)11-13-3-2-4-14(9-13)15-5-6-19-16(17)20-15/h2-6,9,12,18H,7-8,10-11H2,1H3/t12-/m0/s1. The third kappa shape index (κ3) is 3.59. The second-order valence-corrected chi connectivity index (χ2v) is 5.77. The number of hydrogen-bond donors (Lipinski definition) is 1. The first kappa shape index (κ1) is 14.4. The van der Waals surface area contributed by atoms with Crippen LogP contribution in [0.2, 0.25) is 5.28 Å². The van der Waals surface area contributed by atoms with Crippen LogP contribution in [-0.4, -0.2) is 40.5 Å². The Morgan fingerprint density at radius 3 is 3.10 bits per heavy atom. The summed E-state index contributed by atoms with van der Waals surface area (Å²) in [6, 6.07) is 10.9. The molecule has 1 aromatic heterocycles. The molecule has 5 heteroatoms. The summed E-state index contributed by atoms with van der Waals surface area (Å²) in [4.78, 5) is 10.7. The molecule has 1 atom stereocenters. The van der Waals surface area contributed by atoms with E-state index < -0.39 is 0 Å². The number of benzene rings is 1. The van der Waals surface area contributed by atoms with Crippen LogP contribution in [0.3, 0.4) is 0 Å². The number of nitrogens with zero attached hydrogens (tertiary/aromatic N) is 3. The number of aromatic nitrogens is 2. The lowest BCUT2D eigenvalue weighted by molar-refractivity contribution is 0.165. The van der Waals surface area contributed by atoms with Gasteiger partial charge >= 0.3 is 0 Å². The highest BCUT2D eigenvalue weighted by Crippen LogP contribution is 2.20. The summed E-state index contributed by atoms with van der Waals surface area (Å²) >= 11 is 5.87. The van der Waals surface area contributed by atoms with E-state index in [0.717, 1.165) is 37.4 Å². The maximum absolute atomic E-state index is 5.87. The second-order valence-electron chi connectivity index (χ2n) is 5.43. The van der Waals surface area contributed by atoms with Crippen molar-refractivity contribution in [3.8, 4) is 11.3 Å². The average Bonchev–Trinajstić information content (AvgIpc) is 2.50. The maximum atomic E-state index is 5.87. The lowest BCUT2D eigenvalue weighted by atomic mass is 10.1. The van der Waals surface area contributed by atoms with Gasteiger partial charge in [0, 0.05) is 44.0 Å². The van der Waals surface area contributed by atoms with Gasteiger partial charge < -0.3 is 5.32 Å². The Kier molecular flexibility index (Phi) is 4.48. The van der Waals surface area contributed by atoms with Gasteiger partial charge in [-0.2, -0.15) is 0 Å². The minimum absolute atomic E-state index is 0.286. The van der Waals surface area contributed by atoms with E-state index in [2.05, 4.69) is 51.4 Å². The lowest BCUT2D eigenvalue weighted by Crippen LogP contribution is -2.49. The van der Waals surface area contributed by atoms with Gasteiger partial charge in [-0.15, -0.1) is 0 Å². The van der Waals surface area contributed by atoms with Gasteiger partial charge in [0.15, 0.2) is 0 Å². The molecule has 1 aromatic carbocycles. The van der Waals surface area contributed by atoms with Crippen LogP contribution in [-0.2, 0) is 6.54 Å². The highest BCUT2D eigenvalue weighted by atomic mass is 35.5. The molecule has 1 fully saturated rings. The summed E-state index contributed by atoms with van der Waals surface area (Å²) in [7, 11) is 0. The predicted molar refractivity (Wildman–Crippen MR) is 85.2 cm³/mol. The van der Waals surface area contributed by atoms with Gasteiger partial charge in [-0.05, 0) is 36.2 Å². The molecule has 110 valence electrons. The molecule has 2 heterocycles. The van der Waals surface area contributed by atoms with Crippen molar-refractivity contribution < 1.29 is 0 Å². The van der Waals surface area contributed by atoms with E-state index in [1.807, 2.05) is 6.07 Å². The van der Waals surface area contributed by atoms with Crippen LogP contribution in [0.1, 0.15) is 12.5 Å². The van der Waals surface area contributed by atoms with E-state index in [-0.39, 0.29) is 5.28 Å². The molecule has 0 unspecified atom stereocenters. The van der Waals surface area contributed by atoms with Crippen molar-refractivity contribution in [1.29, 1.82) is 0 Å². The molecule has 1 saturated heterocycles. The van der Waals surface area contributed by atoms with Crippen LogP contribution in [0.25, 0.3) is 11.3 Å². The van der Waals surface area contributed by atoms with Crippen LogP contribution in [0, 0.1) is 0 Å². The number of hydrogen-bond acceptors (Lipinski definition) is 4. The van der Waals surface area contributed by atoms with Crippen molar-refractivity contribution >= 4 is 11.6 Å². The van der Waals surface area contributed by atoms with Gasteiger partial charge in [0.25, 0.3) is 0 Å². The van der Waals surface area contributed by atoms with E-state index in [0.29, 0.717) is 6.04 Å². The normalized spacial score (nSPS) is 19.6. The van der Waals surface area contributed by atoms with Gasteiger partial charge in [0.1, 0.15) is 0 Å². The number of piperazine rings is 1. The van der Waals surface area contributed by atoms with Crippen molar-refractivity contribution in [3.05, 3.63) is 47.4 Å². The van der Waals surface area contributed by atoms with Crippen LogP contribution in [0.15, 0.2) is 36.5 Å². The van der Waals surface area contributed by atoms with E-state index in [1.54, 1.807) is 6.20 Å². The van der Waals surface area contributed by atoms with Crippen LogP contribution < -0.4 is 5.32 Å². The van der Waals surface area contributed by atoms with Crippen molar-refractivity contribution in [2.75, 3.05) is 19.6 Å². The zero-order valence-electron chi connectivity index (χ0n) is 12.1. The number of rotatable bonds is 3. The molecule has 0 radical (unpaired) electrons. The SMILES string of the molecule is C[C@H]1CNCCN1Cc1cccc(-c2ccnc(Cl)n2)c1. The van der Waals surface area contributed by atoms with E-state index in [9.17, 15) is 0 Å². The zero-order chi connectivity index (χ0) is 14.7. The molecule has 1 aliphatic heterocycles. The average molecular weight is 303 g/mol. The van der Waals surface area contributed by atoms with Crippen LogP contribution >= 0.6 is 11.6 Å². The van der Waals surface area contributed by atoms with Crippen LogP contribution in [0.5, 0.6) is 0 Å². The fraction of sp³-hybridized carbons (Fsp3) is 0.375. The smallest absolute Gasteiger partial charge is 0.222 e. The Labute approximate surface area is 130 Å². The first-order valence-corrected chi connectivity index (χ1v) is 7.63. The minimum Gasteiger partial charge on any atom is -0.314 e. The highest BCUT2D eigenvalue weighted by molar-refractivity contribution is 6.28. The fourth-order valence-corrected chi connectivity index (χ4v) is 2.82. The highest BCUT2D eigenvalue weighted by Gasteiger charge is 2.17. The molecule has 4 nitrogen and oxygen atoms in total. The first-order chi connectivity index (χ1) is 10.2. The third-order valence-electron chi connectivity index (χ3n) is 3.87. The van der Waals surface area contributed by atoms with Crippen molar-refractivity contribution in [2.45, 2.75) is 19.5 Å². The number of halogens is 1. The van der Waals surface area contributed by atoms with E-state index in [4.69, 9.17) is 11.6 Å². The molecule has 1 N–H and O–H groups in total. The Morgan fingerprint density at radius 2 is 2.29 bits per heavy atom. The van der Waals surface area contributed by atoms with Crippen molar-refractivity contribution in [3.63, 3.8) is 0 Å². The summed E-state index contributed by atoms with van der Waals surface area (Å²) in [5, 5.41) is 3.71. The van der Waals surface area contributed by atoms with Crippen LogP contribution in [0.4, 0.5) is 0 Å². The molecule has 0 aliphatic carbocycles. The Balaban J connectivity index is 1.80. The molecule has 0 bridgehead atoms. The Bertz CT molecular complexity index is 617. The van der Waals surface area contributed by atoms with Crippen molar-refractivity contribution in [2.24, 2.45) is 0 Å². The second kappa shape index (κ2) is 6.52. The van der Waals surface area contributed by atoms with Gasteiger partial charge in [0.2, 0.25) is 5.28 Å². The molecule has 1 aliphatic rings. The van der Waals surface area contributed by atoms with E-state index >= 15 is 0 Å². The molecular weight excluding hydrogens is 284 g/mol. The van der Waals surface area contributed by atoms with Gasteiger partial charge in [-0.3, -0.25) is 4.90 Å². The lowest BCUT2D eigenvalue weighted by Gasteiger charge is -2.33. The fourth-order valence-electron chi connectivity index (χ4n) is 2.68. The molecule has 2 aromatic rings. The van der Waals surface area contributed by atoms with Gasteiger partial charge in [0.05, 0.1) is 5.69 Å². The topological polar surface area (TPSA) is 41.0 Å². The zero-order valence-corrected chi connectivity index (χ0v) is 12.8. The molecule has 0 saturated carbocycles. The summed E-state index contributed by atoms with van der Waals surface area (Å²) in [5.41, 5.74) is 3.25. The summed E-state index contributed by atoms with van der Waals surface area (Å²) in [6.45, 7) is 6.44. The van der Waals surface area contributed by atoms with E-state index in [1.165, 1.54) is 5.56 Å². The Morgan fingerprint density at radius 1 is 1.38 bits per heavy atom. The third-order valence-corrected chi connectivity index (χ3v) is 4.06. The molecule has 0 amide bonds. The van der Waals surface area contributed by atoms with Gasteiger partial charge in [-0.25, -0.2) is 9.97 Å². The quantitative estimate of drug-likeness (QED) is 0.885.